The molecule has 2 aromatic carbocycles. The van der Waals surface area contributed by atoms with Crippen molar-refractivity contribution in [2.75, 3.05) is 5.32 Å². The van der Waals surface area contributed by atoms with Crippen LogP contribution in [0.5, 0.6) is 0 Å². The average molecular weight is 377 g/mol. The Morgan fingerprint density at radius 2 is 1.68 bits per heavy atom. The third-order valence-corrected chi connectivity index (χ3v) is 3.68. The van der Waals surface area contributed by atoms with Crippen LogP contribution in [-0.2, 0) is 4.79 Å². The van der Waals surface area contributed by atoms with E-state index in [4.69, 9.17) is 4.42 Å². The molecule has 0 saturated carbocycles. The van der Waals surface area contributed by atoms with Crippen LogP contribution in [0.15, 0.2) is 83.1 Å². The number of benzene rings is 2. The number of carbonyl (C=O) groups excluding carboxylic acids is 2. The Kier molecular flexibility index (Phi) is 5.61. The van der Waals surface area contributed by atoms with Crippen molar-refractivity contribution in [2.45, 2.75) is 0 Å². The van der Waals surface area contributed by atoms with Gasteiger partial charge in [-0.3, -0.25) is 19.7 Å². The summed E-state index contributed by atoms with van der Waals surface area (Å²) < 4.78 is 5.04. The molecule has 3 rings (SSSR count). The first-order valence-corrected chi connectivity index (χ1v) is 8.20. The topological polar surface area (TPSA) is 114 Å². The minimum Gasteiger partial charge on any atom is -0.459 e. The molecule has 0 aliphatic rings. The van der Waals surface area contributed by atoms with Gasteiger partial charge < -0.3 is 15.1 Å². The second kappa shape index (κ2) is 8.45. The number of hydrogen-bond donors (Lipinski definition) is 2. The number of rotatable bonds is 6. The van der Waals surface area contributed by atoms with Crippen LogP contribution < -0.4 is 10.6 Å². The second-order valence-corrected chi connectivity index (χ2v) is 5.66. The van der Waals surface area contributed by atoms with Crippen molar-refractivity contribution in [3.05, 3.63) is 100 Å². The zero-order chi connectivity index (χ0) is 19.9. The van der Waals surface area contributed by atoms with Gasteiger partial charge >= 0.3 is 0 Å². The number of anilines is 1. The van der Waals surface area contributed by atoms with Crippen LogP contribution in [-0.4, -0.2) is 16.7 Å². The summed E-state index contributed by atoms with van der Waals surface area (Å²) >= 11 is 0. The molecule has 2 amide bonds. The summed E-state index contributed by atoms with van der Waals surface area (Å²) in [6.07, 6.45) is 2.77. The summed E-state index contributed by atoms with van der Waals surface area (Å²) in [6, 6.07) is 17.3. The van der Waals surface area contributed by atoms with Gasteiger partial charge in [0.15, 0.2) is 5.76 Å². The molecule has 0 aliphatic heterocycles. The van der Waals surface area contributed by atoms with Crippen LogP contribution >= 0.6 is 0 Å². The van der Waals surface area contributed by atoms with E-state index in [0.29, 0.717) is 11.3 Å². The highest BCUT2D eigenvalue weighted by molar-refractivity contribution is 6.10. The van der Waals surface area contributed by atoms with Crippen LogP contribution in [0.4, 0.5) is 11.4 Å². The number of amides is 2. The first-order chi connectivity index (χ1) is 13.5. The van der Waals surface area contributed by atoms with Crippen LogP contribution in [0.1, 0.15) is 16.1 Å². The Morgan fingerprint density at radius 1 is 0.964 bits per heavy atom. The first kappa shape index (κ1) is 18.6. The molecule has 140 valence electrons. The van der Waals surface area contributed by atoms with Crippen LogP contribution in [0.2, 0.25) is 0 Å². The van der Waals surface area contributed by atoms with E-state index in [1.807, 2.05) is 6.07 Å². The van der Waals surface area contributed by atoms with Crippen molar-refractivity contribution in [3.63, 3.8) is 0 Å². The highest BCUT2D eigenvalue weighted by Crippen LogP contribution is 2.15. The molecule has 0 aliphatic carbocycles. The lowest BCUT2D eigenvalue weighted by Crippen LogP contribution is -2.30. The number of carbonyl (C=O) groups is 2. The maximum atomic E-state index is 12.7. The lowest BCUT2D eigenvalue weighted by Gasteiger charge is -2.10. The quantitative estimate of drug-likeness (QED) is 0.387. The molecule has 0 spiro atoms. The van der Waals surface area contributed by atoms with Gasteiger partial charge in [-0.25, -0.2) is 0 Å². The maximum Gasteiger partial charge on any atom is 0.291 e. The number of nitrogens with zero attached hydrogens (tertiary/aromatic N) is 1. The van der Waals surface area contributed by atoms with E-state index in [1.165, 1.54) is 42.7 Å². The highest BCUT2D eigenvalue weighted by Gasteiger charge is 2.17. The molecule has 0 atom stereocenters. The van der Waals surface area contributed by atoms with Gasteiger partial charge in [-0.1, -0.05) is 18.2 Å². The Hall–Kier alpha value is -4.20. The normalized spacial score (nSPS) is 10.9. The molecule has 3 aromatic rings. The molecular weight excluding hydrogens is 362 g/mol. The van der Waals surface area contributed by atoms with Crippen LogP contribution in [0.3, 0.4) is 0 Å². The molecule has 8 heteroatoms. The summed E-state index contributed by atoms with van der Waals surface area (Å²) in [6.45, 7) is 0. The summed E-state index contributed by atoms with van der Waals surface area (Å²) in [5.41, 5.74) is 0.934. The number of furan rings is 1. The average Bonchev–Trinajstić information content (AvgIpc) is 3.23. The van der Waals surface area contributed by atoms with E-state index in [0.717, 1.165) is 0 Å². The predicted molar refractivity (Wildman–Crippen MR) is 102 cm³/mol. The highest BCUT2D eigenvalue weighted by atomic mass is 16.6. The third-order valence-electron chi connectivity index (χ3n) is 3.68. The lowest BCUT2D eigenvalue weighted by molar-refractivity contribution is -0.384. The standard InChI is InChI=1S/C20H15N3O5/c24-19(21-15-5-2-1-3-6-15)17(22-20(25)18-7-4-12-28-18)13-14-8-10-16(11-9-14)23(26)27/h1-13H,(H,21,24)(H,22,25)/b17-13+. The van der Waals surface area contributed by atoms with Crippen molar-refractivity contribution in [1.82, 2.24) is 5.32 Å². The number of non-ortho nitro benzene ring substituents is 1. The van der Waals surface area contributed by atoms with Gasteiger partial charge in [0.05, 0.1) is 11.2 Å². The number of hydrogen-bond acceptors (Lipinski definition) is 5. The largest absolute Gasteiger partial charge is 0.459 e. The molecule has 0 unspecified atom stereocenters. The molecule has 1 heterocycles. The van der Waals surface area contributed by atoms with E-state index in [9.17, 15) is 19.7 Å². The van der Waals surface area contributed by atoms with Gasteiger partial charge in [-0.15, -0.1) is 0 Å². The SMILES string of the molecule is O=C(Nc1ccccc1)/C(=C\c1ccc([N+](=O)[O-])cc1)NC(=O)c1ccco1. The Labute approximate surface area is 159 Å². The fraction of sp³-hybridized carbons (Fsp3) is 0. The molecule has 8 nitrogen and oxygen atoms in total. The fourth-order valence-electron chi connectivity index (χ4n) is 2.33. The monoisotopic (exact) mass is 377 g/mol. The fourth-order valence-corrected chi connectivity index (χ4v) is 2.33. The van der Waals surface area contributed by atoms with E-state index in [-0.39, 0.29) is 17.1 Å². The van der Waals surface area contributed by atoms with Crippen molar-refractivity contribution in [1.29, 1.82) is 0 Å². The minimum atomic E-state index is -0.596. The summed E-state index contributed by atoms with van der Waals surface area (Å²) in [5.74, 6) is -1.10. The van der Waals surface area contributed by atoms with Crippen molar-refractivity contribution in [3.8, 4) is 0 Å². The summed E-state index contributed by atoms with van der Waals surface area (Å²) in [5, 5.41) is 16.0. The molecule has 0 bridgehead atoms. The molecule has 1 aromatic heterocycles. The third kappa shape index (κ3) is 4.70. The zero-order valence-electron chi connectivity index (χ0n) is 14.5. The Morgan fingerprint density at radius 3 is 2.29 bits per heavy atom. The number of nitro groups is 1. The smallest absolute Gasteiger partial charge is 0.291 e. The molecular formula is C20H15N3O5. The van der Waals surface area contributed by atoms with Gasteiger partial charge in [-0.2, -0.15) is 0 Å². The van der Waals surface area contributed by atoms with Crippen molar-refractivity contribution in [2.24, 2.45) is 0 Å². The maximum absolute atomic E-state index is 12.7. The molecule has 0 saturated heterocycles. The van der Waals surface area contributed by atoms with Crippen LogP contribution in [0.25, 0.3) is 6.08 Å². The van der Waals surface area contributed by atoms with E-state index in [1.54, 1.807) is 30.3 Å². The number of nitro benzene ring substituents is 1. The van der Waals surface area contributed by atoms with E-state index in [2.05, 4.69) is 10.6 Å². The van der Waals surface area contributed by atoms with Crippen molar-refractivity contribution >= 4 is 29.3 Å². The summed E-state index contributed by atoms with van der Waals surface area (Å²) in [4.78, 5) is 35.2. The van der Waals surface area contributed by atoms with Crippen molar-refractivity contribution < 1.29 is 18.9 Å². The van der Waals surface area contributed by atoms with Gasteiger partial charge in [0, 0.05) is 17.8 Å². The molecule has 28 heavy (non-hydrogen) atoms. The lowest BCUT2D eigenvalue weighted by atomic mass is 10.1. The Bertz CT molecular complexity index is 1010. The number of para-hydroxylation sites is 1. The van der Waals surface area contributed by atoms with Gasteiger partial charge in [0.1, 0.15) is 5.70 Å². The zero-order valence-corrected chi connectivity index (χ0v) is 14.5. The van der Waals surface area contributed by atoms with E-state index < -0.39 is 16.7 Å². The summed E-state index contributed by atoms with van der Waals surface area (Å²) in [7, 11) is 0. The second-order valence-electron chi connectivity index (χ2n) is 5.66. The Balaban J connectivity index is 1.87. The van der Waals surface area contributed by atoms with Gasteiger partial charge in [0.2, 0.25) is 0 Å². The van der Waals surface area contributed by atoms with E-state index >= 15 is 0 Å². The van der Waals surface area contributed by atoms with Gasteiger partial charge in [0.25, 0.3) is 17.5 Å². The minimum absolute atomic E-state index is 0.0425. The number of nitrogens with one attached hydrogen (secondary N) is 2. The first-order valence-electron chi connectivity index (χ1n) is 8.20. The van der Waals surface area contributed by atoms with Crippen LogP contribution in [0, 0.1) is 10.1 Å². The van der Waals surface area contributed by atoms with Gasteiger partial charge in [-0.05, 0) is 48.0 Å². The molecule has 0 radical (unpaired) electrons. The predicted octanol–water partition coefficient (Wildman–Crippen LogP) is 3.60. The molecule has 0 fully saturated rings. The molecule has 2 N–H and O–H groups in total.